The first-order valence-corrected chi connectivity index (χ1v) is 4.18. The lowest BCUT2D eigenvalue weighted by Gasteiger charge is -2.01. The molecule has 0 amide bonds. The number of rotatable bonds is 1. The van der Waals surface area contributed by atoms with E-state index in [0.717, 1.165) is 11.1 Å². The number of nitrogen functional groups attached to an aromatic ring is 1. The molecule has 0 bridgehead atoms. The van der Waals surface area contributed by atoms with Crippen LogP contribution >= 0.6 is 0 Å². The third kappa shape index (κ3) is 1.39. The average molecular weight is 190 g/mol. The first-order valence-electron chi connectivity index (χ1n) is 4.18. The lowest BCUT2D eigenvalue weighted by atomic mass is 10.1. The monoisotopic (exact) mass is 190 g/mol. The Kier molecular flexibility index (Phi) is 1.85. The van der Waals surface area contributed by atoms with Crippen LogP contribution in [-0.2, 0) is 0 Å². The van der Waals surface area contributed by atoms with E-state index in [1.807, 2.05) is 19.1 Å². The van der Waals surface area contributed by atoms with Crippen LogP contribution in [0.2, 0.25) is 0 Å². The fraction of sp³-hybridized carbons (Fsp3) is 0.111. The summed E-state index contributed by atoms with van der Waals surface area (Å²) in [5.41, 5.74) is 7.90. The summed E-state index contributed by atoms with van der Waals surface area (Å²) in [6, 6.07) is 5.52. The van der Waals surface area contributed by atoms with E-state index in [9.17, 15) is 4.79 Å². The number of aromatic amines is 2. The molecule has 0 saturated heterocycles. The highest BCUT2D eigenvalue weighted by molar-refractivity contribution is 5.63. The fourth-order valence-corrected chi connectivity index (χ4v) is 1.19. The molecule has 2 rings (SSSR count). The van der Waals surface area contributed by atoms with Gasteiger partial charge in [0.1, 0.15) is 0 Å². The number of hydrogen-bond donors (Lipinski definition) is 3. The quantitative estimate of drug-likeness (QED) is 0.577. The van der Waals surface area contributed by atoms with Gasteiger partial charge < -0.3 is 5.73 Å². The topological polar surface area (TPSA) is 87.6 Å². The second kappa shape index (κ2) is 3.02. The van der Waals surface area contributed by atoms with Crippen molar-refractivity contribution in [2.75, 3.05) is 5.73 Å². The maximum atomic E-state index is 10.8. The second-order valence-corrected chi connectivity index (χ2v) is 3.10. The van der Waals surface area contributed by atoms with E-state index >= 15 is 0 Å². The minimum atomic E-state index is -0.320. The van der Waals surface area contributed by atoms with Crippen LogP contribution in [0.25, 0.3) is 11.4 Å². The van der Waals surface area contributed by atoms with Gasteiger partial charge in [-0.3, -0.25) is 4.98 Å². The summed E-state index contributed by atoms with van der Waals surface area (Å²) in [4.78, 5) is 13.4. The molecule has 5 nitrogen and oxygen atoms in total. The van der Waals surface area contributed by atoms with Crippen molar-refractivity contribution in [2.24, 2.45) is 0 Å². The molecule has 0 aliphatic heterocycles. The standard InChI is InChI=1S/C9H10N4O/c1-5-2-3-6(4-7(5)10)8-11-9(14)13-12-8/h2-4H,10H2,1H3,(H2,11,12,13,14). The number of benzene rings is 1. The van der Waals surface area contributed by atoms with Crippen LogP contribution in [-0.4, -0.2) is 15.2 Å². The zero-order chi connectivity index (χ0) is 10.1. The SMILES string of the molecule is Cc1ccc(-c2n[nH]c(=O)[nH]2)cc1N. The zero-order valence-electron chi connectivity index (χ0n) is 7.66. The highest BCUT2D eigenvalue weighted by Crippen LogP contribution is 2.19. The number of aryl methyl sites for hydroxylation is 1. The van der Waals surface area contributed by atoms with E-state index < -0.39 is 0 Å². The highest BCUT2D eigenvalue weighted by Gasteiger charge is 2.03. The van der Waals surface area contributed by atoms with Gasteiger partial charge in [0.15, 0.2) is 5.82 Å². The molecule has 1 heterocycles. The van der Waals surface area contributed by atoms with Crippen molar-refractivity contribution in [3.8, 4) is 11.4 Å². The molecule has 5 heteroatoms. The number of nitrogens with two attached hydrogens (primary N) is 1. The minimum absolute atomic E-state index is 0.320. The Balaban J connectivity index is 2.52. The molecule has 0 aliphatic rings. The molecule has 72 valence electrons. The van der Waals surface area contributed by atoms with Crippen LogP contribution in [0.1, 0.15) is 5.56 Å². The van der Waals surface area contributed by atoms with E-state index in [1.165, 1.54) is 0 Å². The Morgan fingerprint density at radius 3 is 2.79 bits per heavy atom. The van der Waals surface area contributed by atoms with Gasteiger partial charge in [0.25, 0.3) is 0 Å². The van der Waals surface area contributed by atoms with E-state index in [0.29, 0.717) is 11.5 Å². The van der Waals surface area contributed by atoms with Gasteiger partial charge in [-0.15, -0.1) is 0 Å². The largest absolute Gasteiger partial charge is 0.398 e. The predicted octanol–water partition coefficient (Wildman–Crippen LogP) is 0.656. The Bertz CT molecular complexity index is 512. The summed E-state index contributed by atoms with van der Waals surface area (Å²) in [7, 11) is 0. The Labute approximate surface area is 80.0 Å². The Morgan fingerprint density at radius 2 is 2.21 bits per heavy atom. The van der Waals surface area contributed by atoms with Crippen molar-refractivity contribution in [3.63, 3.8) is 0 Å². The fourth-order valence-electron chi connectivity index (χ4n) is 1.19. The molecule has 0 fully saturated rings. The molecule has 0 unspecified atom stereocenters. The maximum Gasteiger partial charge on any atom is 0.340 e. The molecule has 1 aromatic heterocycles. The van der Waals surface area contributed by atoms with Gasteiger partial charge in [-0.1, -0.05) is 12.1 Å². The molecule has 0 atom stereocenters. The van der Waals surface area contributed by atoms with Crippen molar-refractivity contribution in [3.05, 3.63) is 34.2 Å². The van der Waals surface area contributed by atoms with Gasteiger partial charge in [-0.2, -0.15) is 5.10 Å². The Hall–Kier alpha value is -2.04. The third-order valence-electron chi connectivity index (χ3n) is 2.05. The van der Waals surface area contributed by atoms with Crippen LogP contribution < -0.4 is 11.4 Å². The minimum Gasteiger partial charge on any atom is -0.398 e. The van der Waals surface area contributed by atoms with Crippen LogP contribution in [0.3, 0.4) is 0 Å². The summed E-state index contributed by atoms with van der Waals surface area (Å²) in [5, 5.41) is 6.11. The molecule has 0 radical (unpaired) electrons. The lowest BCUT2D eigenvalue weighted by molar-refractivity contribution is 1.05. The summed E-state index contributed by atoms with van der Waals surface area (Å²) >= 11 is 0. The van der Waals surface area contributed by atoms with Gasteiger partial charge in [0.2, 0.25) is 0 Å². The number of anilines is 1. The summed E-state index contributed by atoms with van der Waals surface area (Å²) in [6.07, 6.45) is 0. The normalized spacial score (nSPS) is 10.4. The van der Waals surface area contributed by atoms with E-state index in [1.54, 1.807) is 6.07 Å². The van der Waals surface area contributed by atoms with Crippen molar-refractivity contribution < 1.29 is 0 Å². The number of hydrogen-bond acceptors (Lipinski definition) is 3. The van der Waals surface area contributed by atoms with Crippen LogP contribution in [0.4, 0.5) is 5.69 Å². The van der Waals surface area contributed by atoms with Gasteiger partial charge in [0, 0.05) is 11.3 Å². The number of H-pyrrole nitrogens is 2. The second-order valence-electron chi connectivity index (χ2n) is 3.10. The number of nitrogens with one attached hydrogen (secondary N) is 2. The molecule has 4 N–H and O–H groups in total. The van der Waals surface area contributed by atoms with Crippen LogP contribution in [0.5, 0.6) is 0 Å². The zero-order valence-corrected chi connectivity index (χ0v) is 7.66. The van der Waals surface area contributed by atoms with Crippen molar-refractivity contribution in [1.82, 2.24) is 15.2 Å². The molecule has 2 aromatic rings. The van der Waals surface area contributed by atoms with Crippen LogP contribution in [0.15, 0.2) is 23.0 Å². The first kappa shape index (κ1) is 8.55. The number of aromatic nitrogens is 3. The van der Waals surface area contributed by atoms with Gasteiger partial charge in [-0.25, -0.2) is 9.89 Å². The molecule has 0 saturated carbocycles. The van der Waals surface area contributed by atoms with E-state index in [4.69, 9.17) is 5.73 Å². The van der Waals surface area contributed by atoms with Crippen molar-refractivity contribution >= 4 is 5.69 Å². The molecular weight excluding hydrogens is 180 g/mol. The summed E-state index contributed by atoms with van der Waals surface area (Å²) < 4.78 is 0. The van der Waals surface area contributed by atoms with Crippen molar-refractivity contribution in [2.45, 2.75) is 6.92 Å². The van der Waals surface area contributed by atoms with E-state index in [2.05, 4.69) is 15.2 Å². The van der Waals surface area contributed by atoms with Crippen molar-refractivity contribution in [1.29, 1.82) is 0 Å². The van der Waals surface area contributed by atoms with Crippen LogP contribution in [0, 0.1) is 6.92 Å². The molecule has 14 heavy (non-hydrogen) atoms. The third-order valence-corrected chi connectivity index (χ3v) is 2.05. The Morgan fingerprint density at radius 1 is 1.43 bits per heavy atom. The first-order chi connectivity index (χ1) is 6.66. The highest BCUT2D eigenvalue weighted by atomic mass is 16.1. The smallest absolute Gasteiger partial charge is 0.340 e. The molecular formula is C9H10N4O. The molecule has 1 aromatic carbocycles. The maximum absolute atomic E-state index is 10.8. The van der Waals surface area contributed by atoms with E-state index in [-0.39, 0.29) is 5.69 Å². The summed E-state index contributed by atoms with van der Waals surface area (Å²) in [5.74, 6) is 0.502. The molecule has 0 spiro atoms. The number of nitrogens with zero attached hydrogens (tertiary/aromatic N) is 1. The summed E-state index contributed by atoms with van der Waals surface area (Å²) in [6.45, 7) is 1.92. The average Bonchev–Trinajstić information content (AvgIpc) is 2.57. The predicted molar refractivity (Wildman–Crippen MR) is 53.8 cm³/mol. The lowest BCUT2D eigenvalue weighted by Crippen LogP contribution is -2.00. The van der Waals surface area contributed by atoms with Gasteiger partial charge in [-0.05, 0) is 18.6 Å². The van der Waals surface area contributed by atoms with Gasteiger partial charge >= 0.3 is 5.69 Å². The van der Waals surface area contributed by atoms with Gasteiger partial charge in [0.05, 0.1) is 0 Å². The molecule has 0 aliphatic carbocycles.